The first kappa shape index (κ1) is 16.8. The fourth-order valence-corrected chi connectivity index (χ4v) is 1.71. The minimum atomic E-state index is -0.909. The highest BCUT2D eigenvalue weighted by atomic mass is 19.1. The summed E-state index contributed by atoms with van der Waals surface area (Å²) in [6, 6.07) is 1.66. The van der Waals surface area contributed by atoms with Crippen LogP contribution in [0.25, 0.3) is 0 Å². The first-order valence-electron chi connectivity index (χ1n) is 6.12. The Hall–Kier alpha value is -2.26. The predicted octanol–water partition coefficient (Wildman–Crippen LogP) is 1.03. The highest BCUT2D eigenvalue weighted by Gasteiger charge is 2.23. The van der Waals surface area contributed by atoms with Crippen LogP contribution in [-0.4, -0.2) is 31.1 Å². The van der Waals surface area contributed by atoms with Crippen LogP contribution in [0, 0.1) is 21.8 Å². The number of hydrazine groups is 1. The zero-order valence-electron chi connectivity index (χ0n) is 11.7. The van der Waals surface area contributed by atoms with E-state index in [-0.39, 0.29) is 23.7 Å². The van der Waals surface area contributed by atoms with Gasteiger partial charge in [-0.05, 0) is 12.0 Å². The van der Waals surface area contributed by atoms with Gasteiger partial charge in [-0.15, -0.1) is 0 Å². The fourth-order valence-electron chi connectivity index (χ4n) is 1.71. The molecule has 116 valence electrons. The lowest BCUT2D eigenvalue weighted by Crippen LogP contribution is -2.30. The lowest BCUT2D eigenvalue weighted by molar-refractivity contribution is -0.385. The Labute approximate surface area is 120 Å². The average Bonchev–Trinajstić information content (AvgIpc) is 2.44. The Bertz CT molecular complexity index is 538. The highest BCUT2D eigenvalue weighted by molar-refractivity contribution is 5.99. The number of halogens is 1. The summed E-state index contributed by atoms with van der Waals surface area (Å²) in [4.78, 5) is 22.1. The maximum Gasteiger partial charge on any atom is 0.285 e. The molecule has 0 saturated heterocycles. The van der Waals surface area contributed by atoms with Gasteiger partial charge in [-0.2, -0.15) is 0 Å². The fraction of sp³-hybridized carbons (Fsp3) is 0.417. The van der Waals surface area contributed by atoms with Crippen LogP contribution in [0.4, 0.5) is 15.8 Å². The molecule has 21 heavy (non-hydrogen) atoms. The summed E-state index contributed by atoms with van der Waals surface area (Å²) >= 11 is 0. The number of nitro benzene ring substituents is 1. The molecule has 0 aliphatic heterocycles. The van der Waals surface area contributed by atoms with Gasteiger partial charge in [-0.3, -0.25) is 20.8 Å². The number of carbonyl (C=O) groups excluding carboxylic acids is 1. The average molecular weight is 300 g/mol. The van der Waals surface area contributed by atoms with E-state index in [1.165, 1.54) is 7.11 Å². The second-order valence-corrected chi connectivity index (χ2v) is 4.52. The third kappa shape index (κ3) is 4.36. The maximum atomic E-state index is 13.5. The number of nitrogen functional groups attached to an aromatic ring is 1. The van der Waals surface area contributed by atoms with E-state index in [2.05, 4.69) is 5.32 Å². The van der Waals surface area contributed by atoms with Crippen LogP contribution in [-0.2, 0) is 4.74 Å². The van der Waals surface area contributed by atoms with Gasteiger partial charge >= 0.3 is 0 Å². The second kappa shape index (κ2) is 7.50. The Balaban J connectivity index is 2.99. The molecule has 1 aromatic carbocycles. The molecule has 0 heterocycles. The zero-order chi connectivity index (χ0) is 16.0. The molecule has 1 rings (SSSR count). The zero-order valence-corrected chi connectivity index (χ0v) is 11.7. The van der Waals surface area contributed by atoms with E-state index >= 15 is 0 Å². The normalized spacial score (nSPS) is 11.8. The van der Waals surface area contributed by atoms with Gasteiger partial charge in [0.15, 0.2) is 5.82 Å². The van der Waals surface area contributed by atoms with Crippen LogP contribution in [0.2, 0.25) is 0 Å². The molecule has 0 spiro atoms. The Morgan fingerprint density at radius 2 is 2.24 bits per heavy atom. The number of hydrogen-bond donors (Lipinski definition) is 3. The van der Waals surface area contributed by atoms with Crippen molar-refractivity contribution in [2.45, 2.75) is 6.92 Å². The summed E-state index contributed by atoms with van der Waals surface area (Å²) in [7, 11) is 1.53. The summed E-state index contributed by atoms with van der Waals surface area (Å²) in [5.74, 6) is 3.54. The second-order valence-electron chi connectivity index (χ2n) is 4.52. The predicted molar refractivity (Wildman–Crippen MR) is 74.2 cm³/mol. The number of benzene rings is 1. The number of carbonyl (C=O) groups is 1. The topological polar surface area (TPSA) is 120 Å². The molecule has 0 aliphatic rings. The van der Waals surface area contributed by atoms with Crippen LogP contribution in [0.3, 0.4) is 0 Å². The number of hydrogen-bond acceptors (Lipinski definition) is 6. The van der Waals surface area contributed by atoms with Gasteiger partial charge in [0.2, 0.25) is 0 Å². The van der Waals surface area contributed by atoms with Crippen LogP contribution >= 0.6 is 0 Å². The molecule has 1 amide bonds. The third-order valence-corrected chi connectivity index (χ3v) is 2.74. The number of nitrogens with one attached hydrogen (secondary N) is 2. The molecule has 8 nitrogen and oxygen atoms in total. The maximum absolute atomic E-state index is 13.5. The molecule has 1 atom stereocenters. The van der Waals surface area contributed by atoms with Gasteiger partial charge in [0.05, 0.1) is 23.3 Å². The van der Waals surface area contributed by atoms with Crippen molar-refractivity contribution in [1.29, 1.82) is 0 Å². The van der Waals surface area contributed by atoms with Gasteiger partial charge in [-0.25, -0.2) is 4.39 Å². The first-order chi connectivity index (χ1) is 9.90. The van der Waals surface area contributed by atoms with Crippen molar-refractivity contribution in [3.05, 3.63) is 33.6 Å². The van der Waals surface area contributed by atoms with Crippen molar-refractivity contribution in [2.75, 3.05) is 25.7 Å². The number of nitrogens with two attached hydrogens (primary N) is 1. The first-order valence-corrected chi connectivity index (χ1v) is 6.12. The number of anilines is 1. The Morgan fingerprint density at radius 1 is 1.57 bits per heavy atom. The van der Waals surface area contributed by atoms with Crippen molar-refractivity contribution in [1.82, 2.24) is 5.32 Å². The number of rotatable bonds is 7. The molecular weight excluding hydrogens is 283 g/mol. The van der Waals surface area contributed by atoms with Crippen LogP contribution < -0.4 is 16.6 Å². The molecule has 4 N–H and O–H groups in total. The Kier molecular flexibility index (Phi) is 6.00. The lowest BCUT2D eigenvalue weighted by Gasteiger charge is -2.12. The lowest BCUT2D eigenvalue weighted by atomic mass is 10.1. The summed E-state index contributed by atoms with van der Waals surface area (Å²) in [6.07, 6.45) is 0. The van der Waals surface area contributed by atoms with Gasteiger partial charge < -0.3 is 15.5 Å². The van der Waals surface area contributed by atoms with E-state index in [1.807, 2.05) is 12.3 Å². The van der Waals surface area contributed by atoms with E-state index in [9.17, 15) is 19.3 Å². The number of nitrogens with zero attached hydrogens (tertiary/aromatic N) is 1. The largest absolute Gasteiger partial charge is 0.384 e. The monoisotopic (exact) mass is 300 g/mol. The van der Waals surface area contributed by atoms with Crippen molar-refractivity contribution in [2.24, 2.45) is 11.8 Å². The van der Waals surface area contributed by atoms with E-state index in [4.69, 9.17) is 10.6 Å². The molecule has 9 heteroatoms. The van der Waals surface area contributed by atoms with Crippen LogP contribution in [0.5, 0.6) is 0 Å². The minimum Gasteiger partial charge on any atom is -0.384 e. The van der Waals surface area contributed by atoms with E-state index in [1.54, 1.807) is 0 Å². The van der Waals surface area contributed by atoms with Gasteiger partial charge in [0.25, 0.3) is 11.6 Å². The van der Waals surface area contributed by atoms with Gasteiger partial charge in [0, 0.05) is 13.7 Å². The Morgan fingerprint density at radius 3 is 2.76 bits per heavy atom. The summed E-state index contributed by atoms with van der Waals surface area (Å²) in [5.41, 5.74) is 0.959. The number of ether oxygens (including phenoxy) is 1. The van der Waals surface area contributed by atoms with Crippen LogP contribution in [0.1, 0.15) is 17.3 Å². The summed E-state index contributed by atoms with van der Waals surface area (Å²) in [6.45, 7) is 2.55. The van der Waals surface area contributed by atoms with Gasteiger partial charge in [0.1, 0.15) is 5.56 Å². The van der Waals surface area contributed by atoms with Crippen LogP contribution in [0.15, 0.2) is 12.1 Å². The van der Waals surface area contributed by atoms with Crippen molar-refractivity contribution < 1.29 is 18.8 Å². The minimum absolute atomic E-state index is 0.0329. The molecule has 0 bridgehead atoms. The molecule has 0 fully saturated rings. The molecule has 0 saturated carbocycles. The number of nitro groups is 1. The molecule has 0 aliphatic carbocycles. The molecule has 0 aromatic heterocycles. The van der Waals surface area contributed by atoms with Gasteiger partial charge in [-0.1, -0.05) is 6.92 Å². The van der Waals surface area contributed by atoms with E-state index in [0.717, 1.165) is 6.07 Å². The quantitative estimate of drug-likeness (QED) is 0.393. The molecule has 1 unspecified atom stereocenters. The highest BCUT2D eigenvalue weighted by Crippen LogP contribution is 2.25. The van der Waals surface area contributed by atoms with E-state index in [0.29, 0.717) is 12.7 Å². The SMILES string of the molecule is COCC(C)CNC(=O)c1cc(NN)c(F)cc1[N+](=O)[O-]. The number of methoxy groups -OCH3 is 1. The summed E-state index contributed by atoms with van der Waals surface area (Å²) in [5, 5.41) is 13.4. The summed E-state index contributed by atoms with van der Waals surface area (Å²) < 4.78 is 18.4. The van der Waals surface area contributed by atoms with Crippen molar-refractivity contribution in [3.63, 3.8) is 0 Å². The number of amides is 1. The standard InChI is InChI=1S/C12H17FN4O4/c1-7(6-21-2)5-15-12(18)8-3-10(16-14)9(13)4-11(8)17(19)20/h3-4,7,16H,5-6,14H2,1-2H3,(H,15,18). The molecule has 0 radical (unpaired) electrons. The smallest absolute Gasteiger partial charge is 0.285 e. The third-order valence-electron chi connectivity index (χ3n) is 2.74. The molecule has 1 aromatic rings. The molecular formula is C12H17FN4O4. The van der Waals surface area contributed by atoms with Crippen molar-refractivity contribution in [3.8, 4) is 0 Å². The van der Waals surface area contributed by atoms with E-state index < -0.39 is 22.3 Å². The van der Waals surface area contributed by atoms with Crippen molar-refractivity contribution >= 4 is 17.3 Å².